The van der Waals surface area contributed by atoms with Crippen molar-refractivity contribution in [2.24, 2.45) is 5.41 Å². The molecule has 1 N–H and O–H groups in total. The van der Waals surface area contributed by atoms with Gasteiger partial charge in [0, 0.05) is 43.4 Å². The van der Waals surface area contributed by atoms with Gasteiger partial charge in [0.2, 0.25) is 11.8 Å². The number of nitrogens with zero attached hydrogens (tertiary/aromatic N) is 3. The lowest BCUT2D eigenvalue weighted by molar-refractivity contribution is -0.122. The summed E-state index contributed by atoms with van der Waals surface area (Å²) in [7, 11) is 1.55. The van der Waals surface area contributed by atoms with E-state index in [0.29, 0.717) is 48.6 Å². The number of hydrogen-bond acceptors (Lipinski definition) is 5. The number of nitrogens with one attached hydrogen (secondary N) is 1. The first kappa shape index (κ1) is 20.8. The fourth-order valence-corrected chi connectivity index (χ4v) is 3.32. The van der Waals surface area contributed by atoms with Crippen LogP contribution in [0.2, 0.25) is 0 Å². The first-order valence-electron chi connectivity index (χ1n) is 9.79. The maximum atomic E-state index is 12.8. The molecule has 154 valence electrons. The van der Waals surface area contributed by atoms with Gasteiger partial charge in [-0.15, -0.1) is 0 Å². The Kier molecular flexibility index (Phi) is 6.15. The zero-order chi connectivity index (χ0) is 21.0. The van der Waals surface area contributed by atoms with Crippen LogP contribution in [0, 0.1) is 5.41 Å². The lowest BCUT2D eigenvalue weighted by Gasteiger charge is -2.17. The second-order valence-corrected chi connectivity index (χ2v) is 8.46. The molecule has 1 aliphatic rings. The number of hydrogen-bond donors (Lipinski definition) is 1. The predicted octanol–water partition coefficient (Wildman–Crippen LogP) is 2.74. The van der Waals surface area contributed by atoms with Gasteiger partial charge < -0.3 is 15.0 Å². The average molecular weight is 396 g/mol. The summed E-state index contributed by atoms with van der Waals surface area (Å²) >= 11 is 0. The first-order valence-corrected chi connectivity index (χ1v) is 9.79. The lowest BCUT2D eigenvalue weighted by atomic mass is 9.92. The van der Waals surface area contributed by atoms with Gasteiger partial charge in [-0.1, -0.05) is 26.8 Å². The number of amides is 2. The third-order valence-corrected chi connectivity index (χ3v) is 4.72. The van der Waals surface area contributed by atoms with E-state index in [9.17, 15) is 9.59 Å². The zero-order valence-corrected chi connectivity index (χ0v) is 17.5. The fraction of sp³-hybridized carbons (Fsp3) is 0.455. The van der Waals surface area contributed by atoms with Gasteiger partial charge in [0.15, 0.2) is 0 Å². The number of rotatable bonds is 7. The van der Waals surface area contributed by atoms with Gasteiger partial charge in [-0.05, 0) is 23.6 Å². The van der Waals surface area contributed by atoms with Gasteiger partial charge in [-0.25, -0.2) is 4.98 Å². The highest BCUT2D eigenvalue weighted by atomic mass is 16.5. The van der Waals surface area contributed by atoms with Crippen molar-refractivity contribution in [1.29, 1.82) is 0 Å². The van der Waals surface area contributed by atoms with Gasteiger partial charge in [0.1, 0.15) is 0 Å². The molecule has 0 aliphatic carbocycles. The summed E-state index contributed by atoms with van der Waals surface area (Å²) in [6.45, 7) is 7.35. The summed E-state index contributed by atoms with van der Waals surface area (Å²) in [6, 6.07) is 7.56. The zero-order valence-electron chi connectivity index (χ0n) is 17.5. The molecule has 29 heavy (non-hydrogen) atoms. The van der Waals surface area contributed by atoms with Gasteiger partial charge in [-0.3, -0.25) is 14.6 Å². The maximum Gasteiger partial charge on any atom is 0.256 e. The van der Waals surface area contributed by atoms with Gasteiger partial charge in [0.25, 0.3) is 5.91 Å². The SMILES string of the molecule is COc1nc2c(cc1CNC(=O)CC(C)(C)C)C(=O)N(CCc1ccccn1)C2. The molecule has 7 heteroatoms. The van der Waals surface area contributed by atoms with E-state index in [2.05, 4.69) is 15.3 Å². The Hall–Kier alpha value is -2.96. The van der Waals surface area contributed by atoms with E-state index in [1.165, 1.54) is 0 Å². The molecule has 0 aromatic carbocycles. The largest absolute Gasteiger partial charge is 0.481 e. The minimum absolute atomic E-state index is 0.0386. The number of methoxy groups -OCH3 is 1. The molecule has 0 atom stereocenters. The summed E-state index contributed by atoms with van der Waals surface area (Å²) in [4.78, 5) is 35.6. The van der Waals surface area contributed by atoms with Crippen molar-refractivity contribution < 1.29 is 14.3 Å². The summed E-state index contributed by atoms with van der Waals surface area (Å²) in [5, 5.41) is 2.90. The molecule has 0 unspecified atom stereocenters. The van der Waals surface area contributed by atoms with Gasteiger partial charge >= 0.3 is 0 Å². The Morgan fingerprint density at radius 1 is 1.31 bits per heavy atom. The van der Waals surface area contributed by atoms with Crippen molar-refractivity contribution in [3.05, 3.63) is 53.0 Å². The van der Waals surface area contributed by atoms with E-state index in [4.69, 9.17) is 4.74 Å². The number of carbonyl (C=O) groups excluding carboxylic acids is 2. The van der Waals surface area contributed by atoms with Crippen molar-refractivity contribution in [1.82, 2.24) is 20.2 Å². The molecular weight excluding hydrogens is 368 g/mol. The highest BCUT2D eigenvalue weighted by molar-refractivity contribution is 5.98. The second-order valence-electron chi connectivity index (χ2n) is 8.46. The Labute approximate surface area is 171 Å². The van der Waals surface area contributed by atoms with E-state index in [1.807, 2.05) is 39.0 Å². The van der Waals surface area contributed by atoms with E-state index in [0.717, 1.165) is 5.69 Å². The molecule has 3 heterocycles. The minimum atomic E-state index is -0.0889. The summed E-state index contributed by atoms with van der Waals surface area (Å²) < 4.78 is 5.40. The number of fused-ring (bicyclic) bond motifs is 1. The van der Waals surface area contributed by atoms with Crippen molar-refractivity contribution in [3.63, 3.8) is 0 Å². The van der Waals surface area contributed by atoms with Crippen LogP contribution in [0.5, 0.6) is 5.88 Å². The highest BCUT2D eigenvalue weighted by Crippen LogP contribution is 2.27. The van der Waals surface area contributed by atoms with Crippen LogP contribution in [0.15, 0.2) is 30.5 Å². The second kappa shape index (κ2) is 8.59. The Morgan fingerprint density at radius 3 is 2.76 bits per heavy atom. The monoisotopic (exact) mass is 396 g/mol. The molecule has 2 aromatic heterocycles. The molecular formula is C22H28N4O3. The minimum Gasteiger partial charge on any atom is -0.481 e. The first-order chi connectivity index (χ1) is 13.8. The van der Waals surface area contributed by atoms with Crippen LogP contribution in [-0.4, -0.2) is 40.3 Å². The Bertz CT molecular complexity index is 891. The number of ether oxygens (including phenoxy) is 1. The molecule has 0 saturated carbocycles. The van der Waals surface area contributed by atoms with E-state index in [1.54, 1.807) is 24.3 Å². The predicted molar refractivity (Wildman–Crippen MR) is 109 cm³/mol. The number of carbonyl (C=O) groups is 2. The fourth-order valence-electron chi connectivity index (χ4n) is 3.32. The van der Waals surface area contributed by atoms with Crippen molar-refractivity contribution in [2.75, 3.05) is 13.7 Å². The molecule has 3 rings (SSSR count). The van der Waals surface area contributed by atoms with Gasteiger partial charge in [0.05, 0.1) is 24.9 Å². The van der Waals surface area contributed by atoms with Crippen molar-refractivity contribution in [2.45, 2.75) is 46.7 Å². The third kappa shape index (κ3) is 5.31. The third-order valence-electron chi connectivity index (χ3n) is 4.72. The van der Waals surface area contributed by atoms with Crippen molar-refractivity contribution >= 4 is 11.8 Å². The molecule has 0 bridgehead atoms. The van der Waals surface area contributed by atoms with E-state index in [-0.39, 0.29) is 23.8 Å². The highest BCUT2D eigenvalue weighted by Gasteiger charge is 2.30. The lowest BCUT2D eigenvalue weighted by Crippen LogP contribution is -2.27. The van der Waals surface area contributed by atoms with Crippen LogP contribution < -0.4 is 10.1 Å². The molecule has 1 aliphatic heterocycles. The van der Waals surface area contributed by atoms with Crippen molar-refractivity contribution in [3.8, 4) is 5.88 Å². The average Bonchev–Trinajstić information content (AvgIpc) is 2.98. The molecule has 0 saturated heterocycles. The van der Waals surface area contributed by atoms with E-state index < -0.39 is 0 Å². The molecule has 2 aromatic rings. The molecule has 0 fully saturated rings. The number of pyridine rings is 2. The standard InChI is InChI=1S/C22H28N4O3/c1-22(2,3)12-19(27)24-13-15-11-17-18(25-20(15)29-4)14-26(21(17)28)10-8-16-7-5-6-9-23-16/h5-7,9,11H,8,10,12-14H2,1-4H3,(H,24,27). The van der Waals surface area contributed by atoms with Crippen LogP contribution in [-0.2, 0) is 24.3 Å². The van der Waals surface area contributed by atoms with Crippen LogP contribution >= 0.6 is 0 Å². The molecule has 0 spiro atoms. The van der Waals surface area contributed by atoms with Crippen LogP contribution in [0.3, 0.4) is 0 Å². The summed E-state index contributed by atoms with van der Waals surface area (Å²) in [5.41, 5.74) is 2.84. The maximum absolute atomic E-state index is 12.8. The molecule has 0 radical (unpaired) electrons. The number of aromatic nitrogens is 2. The Balaban J connectivity index is 1.68. The summed E-state index contributed by atoms with van der Waals surface area (Å²) in [6.07, 6.45) is 2.86. The quantitative estimate of drug-likeness (QED) is 0.778. The van der Waals surface area contributed by atoms with Gasteiger partial charge in [-0.2, -0.15) is 0 Å². The molecule has 7 nitrogen and oxygen atoms in total. The smallest absolute Gasteiger partial charge is 0.256 e. The molecule has 2 amide bonds. The Morgan fingerprint density at radius 2 is 2.10 bits per heavy atom. The topological polar surface area (TPSA) is 84.4 Å². The summed E-state index contributed by atoms with van der Waals surface area (Å²) in [5.74, 6) is 0.357. The van der Waals surface area contributed by atoms with Crippen LogP contribution in [0.1, 0.15) is 54.5 Å². The normalized spacial score (nSPS) is 13.4. The van der Waals surface area contributed by atoms with E-state index >= 15 is 0 Å². The van der Waals surface area contributed by atoms with Crippen LogP contribution in [0.4, 0.5) is 0 Å². The van der Waals surface area contributed by atoms with Crippen LogP contribution in [0.25, 0.3) is 0 Å².